The van der Waals surface area contributed by atoms with E-state index in [9.17, 15) is 5.11 Å². The zero-order valence-corrected chi connectivity index (χ0v) is 26.6. The van der Waals surface area contributed by atoms with Crippen molar-refractivity contribution in [1.29, 1.82) is 0 Å². The first-order chi connectivity index (χ1) is 21.6. The van der Waals surface area contributed by atoms with Gasteiger partial charge in [-0.1, -0.05) is 122 Å². The molecule has 0 spiro atoms. The van der Waals surface area contributed by atoms with E-state index in [1.807, 2.05) is 30.3 Å². The molecule has 0 unspecified atom stereocenters. The summed E-state index contributed by atoms with van der Waals surface area (Å²) in [4.78, 5) is 0. The van der Waals surface area contributed by atoms with Crippen molar-refractivity contribution < 1.29 is 5.11 Å². The number of aromatic nitrogens is 6. The van der Waals surface area contributed by atoms with Gasteiger partial charge in [-0.05, 0) is 59.7 Å². The maximum Gasteiger partial charge on any atom is 0.123 e. The smallest absolute Gasteiger partial charge is 0.123 e. The molecule has 0 aliphatic heterocycles. The molecule has 0 radical (unpaired) electrons. The summed E-state index contributed by atoms with van der Waals surface area (Å²) in [5, 5.41) is 35.0. The van der Waals surface area contributed by atoms with Crippen molar-refractivity contribution in [2.24, 2.45) is 0 Å². The second-order valence-electron chi connectivity index (χ2n) is 12.2. The van der Waals surface area contributed by atoms with Crippen molar-refractivity contribution in [3.8, 4) is 28.0 Å². The largest absolute Gasteiger partial charge is 0.507 e. The Balaban J connectivity index is 1.46. The fourth-order valence-electron chi connectivity index (χ4n) is 6.61. The van der Waals surface area contributed by atoms with Gasteiger partial charge in [-0.25, -0.2) is 0 Å². The van der Waals surface area contributed by atoms with Gasteiger partial charge in [-0.3, -0.25) is 0 Å². The first-order valence-corrected chi connectivity index (χ1v) is 16.8. The molecule has 5 aromatic rings. The molecule has 2 heterocycles. The summed E-state index contributed by atoms with van der Waals surface area (Å²) in [7, 11) is 0. The van der Waals surface area contributed by atoms with E-state index < -0.39 is 0 Å². The molecule has 0 saturated carbocycles. The second-order valence-corrected chi connectivity index (χ2v) is 12.2. The van der Waals surface area contributed by atoms with Gasteiger partial charge in [0.05, 0.1) is 0 Å². The topological polar surface area (TPSA) is 103 Å². The first-order valence-electron chi connectivity index (χ1n) is 16.8. The van der Waals surface area contributed by atoms with Gasteiger partial charge < -0.3 is 5.11 Å². The van der Waals surface area contributed by atoms with Gasteiger partial charge >= 0.3 is 0 Å². The minimum atomic E-state index is 0.268. The fraction of sp³-hybridized carbons (Fsp3) is 0.459. The number of nitrogens with one attached hydrogen (secondary N) is 2. The zero-order chi connectivity index (χ0) is 30.7. The van der Waals surface area contributed by atoms with Crippen LogP contribution in [0, 0.1) is 0 Å². The number of para-hydroxylation sites is 2. The summed E-state index contributed by atoms with van der Waals surface area (Å²) in [5.74, 6) is 0.268. The standard InChI is InChI=1S/C37H48N6O/c1-4-6-7-8-9-10-11-12-13-14-15-16-20-28-34(26(3)19-5-2)33(44)25-30(27-21-17-23-31-36(27)40-42-38-31)35(28)29-22-18-24-32-37(29)41-43-39-32/h17-18,21-25,44H,3-16,19-20H2,1-2H3,(H,38,40,42)(H,39,41,43). The molecule has 232 valence electrons. The molecule has 7 heteroatoms. The third-order valence-electron chi connectivity index (χ3n) is 8.85. The molecule has 0 bridgehead atoms. The average Bonchev–Trinajstić information content (AvgIpc) is 3.71. The van der Waals surface area contributed by atoms with E-state index >= 15 is 0 Å². The number of unbranched alkanes of at least 4 members (excludes halogenated alkanes) is 11. The lowest BCUT2D eigenvalue weighted by Crippen LogP contribution is -2.02. The van der Waals surface area contributed by atoms with Crippen LogP contribution in [0.25, 0.3) is 49.9 Å². The number of fused-ring (bicyclic) bond motifs is 2. The van der Waals surface area contributed by atoms with E-state index in [1.165, 1.54) is 64.2 Å². The highest BCUT2D eigenvalue weighted by molar-refractivity contribution is 6.04. The molecule has 0 atom stereocenters. The Labute approximate surface area is 261 Å². The molecule has 0 fully saturated rings. The van der Waals surface area contributed by atoms with Crippen molar-refractivity contribution in [3.63, 3.8) is 0 Å². The van der Waals surface area contributed by atoms with Crippen LogP contribution in [0.2, 0.25) is 0 Å². The molecule has 3 N–H and O–H groups in total. The Kier molecular flexibility index (Phi) is 11.2. The van der Waals surface area contributed by atoms with Crippen molar-refractivity contribution in [3.05, 3.63) is 60.2 Å². The van der Waals surface area contributed by atoms with Crippen molar-refractivity contribution >= 4 is 27.6 Å². The van der Waals surface area contributed by atoms with Crippen molar-refractivity contribution in [2.45, 2.75) is 110 Å². The van der Waals surface area contributed by atoms with E-state index in [0.717, 1.165) is 93.1 Å². The number of nitrogens with zero attached hydrogens (tertiary/aromatic N) is 4. The number of H-pyrrole nitrogens is 2. The number of rotatable bonds is 18. The average molecular weight is 593 g/mol. The van der Waals surface area contributed by atoms with Gasteiger partial charge in [0.25, 0.3) is 0 Å². The molecule has 0 aliphatic carbocycles. The number of allylic oxidation sites excluding steroid dienone is 1. The van der Waals surface area contributed by atoms with Crippen LogP contribution in [0.1, 0.15) is 115 Å². The van der Waals surface area contributed by atoms with Crippen LogP contribution in [0.15, 0.2) is 49.0 Å². The maximum atomic E-state index is 11.7. The Morgan fingerprint density at radius 3 is 1.80 bits per heavy atom. The summed E-state index contributed by atoms with van der Waals surface area (Å²) < 4.78 is 0. The van der Waals surface area contributed by atoms with Crippen LogP contribution in [0.3, 0.4) is 0 Å². The lowest BCUT2D eigenvalue weighted by Gasteiger charge is -2.22. The highest BCUT2D eigenvalue weighted by Gasteiger charge is 2.25. The van der Waals surface area contributed by atoms with Gasteiger partial charge in [0, 0.05) is 16.7 Å². The van der Waals surface area contributed by atoms with Crippen LogP contribution in [-0.2, 0) is 6.42 Å². The van der Waals surface area contributed by atoms with Crippen molar-refractivity contribution in [2.75, 3.05) is 0 Å². The van der Waals surface area contributed by atoms with Gasteiger partial charge in [0.2, 0.25) is 0 Å². The van der Waals surface area contributed by atoms with Gasteiger partial charge in [-0.15, -0.1) is 0 Å². The number of phenolic OH excluding ortho intramolecular Hbond substituents is 1. The predicted molar refractivity (Wildman–Crippen MR) is 183 cm³/mol. The predicted octanol–water partition coefficient (Wildman–Crippen LogP) is 10.3. The van der Waals surface area contributed by atoms with E-state index in [-0.39, 0.29) is 5.75 Å². The molecule has 44 heavy (non-hydrogen) atoms. The number of aromatic amines is 2. The van der Waals surface area contributed by atoms with Crippen LogP contribution in [-0.4, -0.2) is 35.9 Å². The normalized spacial score (nSPS) is 11.6. The quantitative estimate of drug-likeness (QED) is 0.0878. The van der Waals surface area contributed by atoms with E-state index in [4.69, 9.17) is 0 Å². The van der Waals surface area contributed by atoms with Crippen LogP contribution >= 0.6 is 0 Å². The minimum Gasteiger partial charge on any atom is -0.507 e. The van der Waals surface area contributed by atoms with Crippen molar-refractivity contribution in [1.82, 2.24) is 30.8 Å². The monoisotopic (exact) mass is 592 g/mol. The Morgan fingerprint density at radius 1 is 0.659 bits per heavy atom. The molecular weight excluding hydrogens is 544 g/mol. The van der Waals surface area contributed by atoms with Crippen LogP contribution < -0.4 is 0 Å². The molecule has 2 aromatic heterocycles. The summed E-state index contributed by atoms with van der Waals surface area (Å²) >= 11 is 0. The van der Waals surface area contributed by atoms with Gasteiger partial charge in [-0.2, -0.15) is 30.8 Å². The van der Waals surface area contributed by atoms with Crippen LogP contribution in [0.4, 0.5) is 0 Å². The third kappa shape index (κ3) is 7.20. The molecule has 0 saturated heterocycles. The molecule has 3 aromatic carbocycles. The molecule has 5 rings (SSSR count). The van der Waals surface area contributed by atoms with Crippen LogP contribution in [0.5, 0.6) is 5.75 Å². The van der Waals surface area contributed by atoms with E-state index in [2.05, 4.69) is 63.4 Å². The van der Waals surface area contributed by atoms with E-state index in [1.54, 1.807) is 0 Å². The summed E-state index contributed by atoms with van der Waals surface area (Å²) in [6, 6.07) is 14.0. The van der Waals surface area contributed by atoms with E-state index in [0.29, 0.717) is 0 Å². The number of hydrogen-bond acceptors (Lipinski definition) is 5. The zero-order valence-electron chi connectivity index (χ0n) is 26.6. The molecular formula is C37H48N6O. The van der Waals surface area contributed by atoms with Gasteiger partial charge in [0.1, 0.15) is 27.8 Å². The lowest BCUT2D eigenvalue weighted by molar-refractivity contribution is 0.472. The Morgan fingerprint density at radius 2 is 1.20 bits per heavy atom. The summed E-state index contributed by atoms with van der Waals surface area (Å²) in [6.07, 6.45) is 18.2. The number of aromatic hydroxyl groups is 1. The lowest BCUT2D eigenvalue weighted by atomic mass is 9.82. The molecule has 7 nitrogen and oxygen atoms in total. The second kappa shape index (κ2) is 15.6. The fourth-order valence-corrected chi connectivity index (χ4v) is 6.61. The first kappa shape index (κ1) is 31.4. The molecule has 0 aliphatic rings. The SMILES string of the molecule is C=C(CCC)c1c(O)cc(-c2cccc3n[nH]nc23)c(-c2cccc3n[nH]nc23)c1CCCCCCCCCCCCCC. The van der Waals surface area contributed by atoms with Gasteiger partial charge in [0.15, 0.2) is 0 Å². The summed E-state index contributed by atoms with van der Waals surface area (Å²) in [6.45, 7) is 8.89. The number of hydrogen-bond donors (Lipinski definition) is 3. The third-order valence-corrected chi connectivity index (χ3v) is 8.85. The highest BCUT2D eigenvalue weighted by atomic mass is 16.3. The maximum absolute atomic E-state index is 11.7. The summed E-state index contributed by atoms with van der Waals surface area (Å²) in [5.41, 5.74) is 10.1. The number of phenols is 1. The minimum absolute atomic E-state index is 0.268. The highest BCUT2D eigenvalue weighted by Crippen LogP contribution is 2.46. The number of benzene rings is 3. The Hall–Kier alpha value is -4.00. The Bertz CT molecular complexity index is 1670. The molecule has 0 amide bonds.